The lowest BCUT2D eigenvalue weighted by Crippen LogP contribution is -2.41. The van der Waals surface area contributed by atoms with Gasteiger partial charge in [0.25, 0.3) is 0 Å². The molecule has 0 amide bonds. The fourth-order valence-electron chi connectivity index (χ4n) is 5.35. The molecule has 0 N–H and O–H groups in total. The van der Waals surface area contributed by atoms with Gasteiger partial charge in [0, 0.05) is 41.2 Å². The number of sulfonamides is 1. The highest BCUT2D eigenvalue weighted by Gasteiger charge is 2.45. The summed E-state index contributed by atoms with van der Waals surface area (Å²) in [6, 6.07) is 12.7. The molecule has 2 aliphatic heterocycles. The van der Waals surface area contributed by atoms with Crippen molar-refractivity contribution in [3.63, 3.8) is 0 Å². The second-order valence-electron chi connectivity index (χ2n) is 9.81. The van der Waals surface area contributed by atoms with Gasteiger partial charge < -0.3 is 4.90 Å². The Morgan fingerprint density at radius 1 is 1.09 bits per heavy atom. The van der Waals surface area contributed by atoms with Crippen molar-refractivity contribution in [1.82, 2.24) is 9.29 Å². The minimum absolute atomic E-state index is 0.198. The number of hydrogen-bond acceptors (Lipinski definition) is 6. The van der Waals surface area contributed by atoms with Crippen molar-refractivity contribution in [3.8, 4) is 6.07 Å². The topological polar surface area (TPSA) is 77.3 Å². The van der Waals surface area contributed by atoms with Crippen LogP contribution in [0.4, 0.5) is 5.69 Å². The van der Waals surface area contributed by atoms with E-state index in [1.165, 1.54) is 17.5 Å². The van der Waals surface area contributed by atoms with Crippen LogP contribution in [0.25, 0.3) is 0 Å². The summed E-state index contributed by atoms with van der Waals surface area (Å²) < 4.78 is 27.8. The molecule has 2 fully saturated rings. The summed E-state index contributed by atoms with van der Waals surface area (Å²) in [6.45, 7) is 5.52. The molecule has 34 heavy (non-hydrogen) atoms. The Bertz CT molecular complexity index is 1180. The Morgan fingerprint density at radius 3 is 2.44 bits per heavy atom. The van der Waals surface area contributed by atoms with E-state index in [9.17, 15) is 13.7 Å². The number of aromatic nitrogens is 1. The van der Waals surface area contributed by atoms with Gasteiger partial charge in [-0.05, 0) is 61.9 Å². The molecule has 3 aliphatic rings. The number of pyridine rings is 1. The monoisotopic (exact) mass is 496 g/mol. The molecule has 3 heterocycles. The van der Waals surface area contributed by atoms with Gasteiger partial charge in [-0.2, -0.15) is 9.57 Å². The summed E-state index contributed by atoms with van der Waals surface area (Å²) in [5, 5.41) is 10.7. The lowest BCUT2D eigenvalue weighted by Gasteiger charge is -2.41. The summed E-state index contributed by atoms with van der Waals surface area (Å²) in [4.78, 5) is 8.52. The van der Waals surface area contributed by atoms with Crippen molar-refractivity contribution in [2.45, 2.75) is 85.4 Å². The molecule has 0 spiro atoms. The summed E-state index contributed by atoms with van der Waals surface area (Å²) >= 11 is 1.83. The fraction of sp³-hybridized carbons (Fsp3) is 0.538. The molecule has 180 valence electrons. The summed E-state index contributed by atoms with van der Waals surface area (Å²) in [5.41, 5.74) is 2.96. The molecule has 0 bridgehead atoms. The standard InChI is InChI=1S/C26H32N4O2S2/c1-18(2)33-20-9-11-22-23(16-27)26(30(25(22)15-20)19-7-6-8-19)24-12-10-21(17-28-24)34(31,32)29-13-4-3-5-14-29/h9-12,15,17-19,23,26H,3-8,13-14H2,1-2H3. The molecular weight excluding hydrogens is 464 g/mol. The Balaban J connectivity index is 1.49. The van der Waals surface area contributed by atoms with Gasteiger partial charge in [0.2, 0.25) is 10.0 Å². The highest BCUT2D eigenvalue weighted by atomic mass is 32.2. The van der Waals surface area contributed by atoms with Crippen LogP contribution in [0.2, 0.25) is 0 Å². The van der Waals surface area contributed by atoms with Crippen LogP contribution in [-0.4, -0.2) is 42.1 Å². The van der Waals surface area contributed by atoms with Crippen molar-refractivity contribution in [2.24, 2.45) is 0 Å². The zero-order valence-corrected chi connectivity index (χ0v) is 21.5. The molecule has 2 aromatic rings. The van der Waals surface area contributed by atoms with E-state index in [1.807, 2.05) is 17.8 Å². The van der Waals surface area contributed by atoms with Gasteiger partial charge in [-0.15, -0.1) is 11.8 Å². The van der Waals surface area contributed by atoms with Gasteiger partial charge in [-0.25, -0.2) is 8.42 Å². The summed E-state index contributed by atoms with van der Waals surface area (Å²) in [7, 11) is -3.53. The van der Waals surface area contributed by atoms with Gasteiger partial charge in [0.05, 0.1) is 23.7 Å². The smallest absolute Gasteiger partial charge is 0.244 e. The third-order valence-electron chi connectivity index (χ3n) is 7.22. The molecule has 1 saturated carbocycles. The summed E-state index contributed by atoms with van der Waals surface area (Å²) in [5.74, 6) is -0.328. The number of benzene rings is 1. The number of nitriles is 1. The predicted molar refractivity (Wildman–Crippen MR) is 135 cm³/mol. The minimum Gasteiger partial charge on any atom is -0.358 e. The minimum atomic E-state index is -3.53. The predicted octanol–water partition coefficient (Wildman–Crippen LogP) is 5.48. The maximum Gasteiger partial charge on any atom is 0.244 e. The van der Waals surface area contributed by atoms with E-state index in [-0.39, 0.29) is 16.9 Å². The van der Waals surface area contributed by atoms with E-state index in [0.29, 0.717) is 24.4 Å². The van der Waals surface area contributed by atoms with E-state index >= 15 is 0 Å². The quantitative estimate of drug-likeness (QED) is 0.493. The third-order valence-corrected chi connectivity index (χ3v) is 10.1. The number of piperidine rings is 1. The van der Waals surface area contributed by atoms with Gasteiger partial charge in [0.1, 0.15) is 4.90 Å². The first kappa shape index (κ1) is 23.7. The van der Waals surface area contributed by atoms with E-state index in [2.05, 4.69) is 48.0 Å². The average Bonchev–Trinajstić information content (AvgIpc) is 3.11. The molecule has 5 rings (SSSR count). The lowest BCUT2D eigenvalue weighted by molar-refractivity contribution is 0.346. The second-order valence-corrected chi connectivity index (χ2v) is 13.4. The maximum absolute atomic E-state index is 13.1. The molecule has 1 aromatic carbocycles. The van der Waals surface area contributed by atoms with Crippen molar-refractivity contribution in [1.29, 1.82) is 5.26 Å². The number of nitrogens with zero attached hydrogens (tertiary/aromatic N) is 4. The van der Waals surface area contributed by atoms with Crippen molar-refractivity contribution >= 4 is 27.5 Å². The Kier molecular flexibility index (Phi) is 6.62. The molecule has 1 aliphatic carbocycles. The fourth-order valence-corrected chi connectivity index (χ4v) is 7.69. The molecular formula is C26H32N4O2S2. The van der Waals surface area contributed by atoms with Gasteiger partial charge in [0.15, 0.2) is 0 Å². The highest BCUT2D eigenvalue weighted by Crippen LogP contribution is 2.52. The van der Waals surface area contributed by atoms with E-state index in [0.717, 1.165) is 49.0 Å². The first-order valence-electron chi connectivity index (χ1n) is 12.3. The SMILES string of the molecule is CC(C)Sc1ccc2c(c1)N(C1CCC1)C(c1ccc(S(=O)(=O)N3CCCCC3)cn1)C2C#N. The van der Waals surface area contributed by atoms with Crippen molar-refractivity contribution in [3.05, 3.63) is 47.8 Å². The number of anilines is 1. The van der Waals surface area contributed by atoms with Crippen LogP contribution in [0.3, 0.4) is 0 Å². The molecule has 2 unspecified atom stereocenters. The van der Waals surface area contributed by atoms with Crippen LogP contribution < -0.4 is 4.90 Å². The highest BCUT2D eigenvalue weighted by molar-refractivity contribution is 7.99. The number of thioether (sulfide) groups is 1. The van der Waals surface area contributed by atoms with Crippen LogP contribution in [0.1, 0.15) is 75.6 Å². The Hall–Kier alpha value is -2.08. The van der Waals surface area contributed by atoms with E-state index in [1.54, 1.807) is 10.4 Å². The zero-order chi connectivity index (χ0) is 23.9. The lowest BCUT2D eigenvalue weighted by atomic mass is 9.88. The normalized spacial score (nSPS) is 23.5. The summed E-state index contributed by atoms with van der Waals surface area (Å²) in [6.07, 6.45) is 7.80. The Labute approximate surface area is 207 Å². The Morgan fingerprint density at radius 2 is 1.85 bits per heavy atom. The van der Waals surface area contributed by atoms with E-state index in [4.69, 9.17) is 0 Å². The van der Waals surface area contributed by atoms with Crippen molar-refractivity contribution in [2.75, 3.05) is 18.0 Å². The number of rotatable bonds is 6. The van der Waals surface area contributed by atoms with Gasteiger partial charge >= 0.3 is 0 Å². The molecule has 1 aromatic heterocycles. The van der Waals surface area contributed by atoms with Crippen LogP contribution in [0.15, 0.2) is 46.3 Å². The largest absolute Gasteiger partial charge is 0.358 e. The van der Waals surface area contributed by atoms with Gasteiger partial charge in [-0.1, -0.05) is 26.3 Å². The van der Waals surface area contributed by atoms with Crippen LogP contribution >= 0.6 is 11.8 Å². The second kappa shape index (κ2) is 9.52. The zero-order valence-electron chi connectivity index (χ0n) is 19.9. The molecule has 1 saturated heterocycles. The van der Waals surface area contributed by atoms with Crippen LogP contribution in [-0.2, 0) is 10.0 Å². The number of hydrogen-bond donors (Lipinski definition) is 0. The molecule has 8 heteroatoms. The third kappa shape index (κ3) is 4.23. The molecule has 2 atom stereocenters. The van der Waals surface area contributed by atoms with Crippen LogP contribution in [0.5, 0.6) is 0 Å². The van der Waals surface area contributed by atoms with Gasteiger partial charge in [-0.3, -0.25) is 4.98 Å². The van der Waals surface area contributed by atoms with Crippen LogP contribution in [0, 0.1) is 11.3 Å². The molecule has 0 radical (unpaired) electrons. The van der Waals surface area contributed by atoms with E-state index < -0.39 is 10.0 Å². The van der Waals surface area contributed by atoms with Crippen molar-refractivity contribution < 1.29 is 8.42 Å². The average molecular weight is 497 g/mol. The first-order valence-corrected chi connectivity index (χ1v) is 14.7. The number of fused-ring (bicyclic) bond motifs is 1. The first-order chi connectivity index (χ1) is 16.4. The molecule has 6 nitrogen and oxygen atoms in total. The maximum atomic E-state index is 13.1.